The minimum atomic E-state index is -0.349. The molecule has 1 heterocycles. The van der Waals surface area contributed by atoms with Crippen molar-refractivity contribution in [3.63, 3.8) is 0 Å². The average molecular weight is 289 g/mol. The van der Waals surface area contributed by atoms with Gasteiger partial charge in [0, 0.05) is 19.2 Å². The quantitative estimate of drug-likeness (QED) is 0.779. The average Bonchev–Trinajstić information content (AvgIpc) is 2.25. The van der Waals surface area contributed by atoms with Crippen molar-refractivity contribution in [2.75, 3.05) is 23.7 Å². The Morgan fingerprint density at radius 1 is 1.38 bits per heavy atom. The molecule has 0 bridgehead atoms. The number of piperidine rings is 1. The molecule has 0 amide bonds. The van der Waals surface area contributed by atoms with Gasteiger partial charge >= 0.3 is 0 Å². The summed E-state index contributed by atoms with van der Waals surface area (Å²) in [6.07, 6.45) is 1.24. The van der Waals surface area contributed by atoms with E-state index in [0.29, 0.717) is 10.2 Å². The maximum atomic E-state index is 13.2. The van der Waals surface area contributed by atoms with Crippen LogP contribution in [0.4, 0.5) is 15.8 Å². The van der Waals surface area contributed by atoms with E-state index in [9.17, 15) is 9.50 Å². The van der Waals surface area contributed by atoms with Gasteiger partial charge in [0.1, 0.15) is 5.82 Å². The molecule has 1 aliphatic heterocycles. The first-order valence-electron chi connectivity index (χ1n) is 5.25. The van der Waals surface area contributed by atoms with E-state index in [0.717, 1.165) is 31.6 Å². The number of aliphatic hydroxyl groups excluding tert-OH is 1. The number of nitrogens with two attached hydrogens (primary N) is 1. The highest BCUT2D eigenvalue weighted by atomic mass is 79.9. The summed E-state index contributed by atoms with van der Waals surface area (Å²) in [5.74, 6) is -0.349. The normalized spacial score (nSPS) is 17.8. The first kappa shape index (κ1) is 11.7. The van der Waals surface area contributed by atoms with Gasteiger partial charge in [0.25, 0.3) is 0 Å². The summed E-state index contributed by atoms with van der Waals surface area (Å²) in [7, 11) is 0. The van der Waals surface area contributed by atoms with E-state index in [4.69, 9.17) is 5.73 Å². The van der Waals surface area contributed by atoms with Crippen molar-refractivity contribution in [3.05, 3.63) is 22.4 Å². The maximum Gasteiger partial charge on any atom is 0.139 e. The number of benzene rings is 1. The maximum absolute atomic E-state index is 13.2. The van der Waals surface area contributed by atoms with Crippen LogP contribution in [0.3, 0.4) is 0 Å². The lowest BCUT2D eigenvalue weighted by Crippen LogP contribution is -2.36. The number of anilines is 2. The third kappa shape index (κ3) is 2.30. The molecule has 1 aliphatic rings. The predicted octanol–water partition coefficient (Wildman–Crippen LogP) is 2.13. The molecule has 3 N–H and O–H groups in total. The van der Waals surface area contributed by atoms with Crippen molar-refractivity contribution in [1.82, 2.24) is 0 Å². The van der Waals surface area contributed by atoms with Gasteiger partial charge in [0.05, 0.1) is 22.0 Å². The van der Waals surface area contributed by atoms with Crippen molar-refractivity contribution >= 4 is 27.3 Å². The second-order valence-corrected chi connectivity index (χ2v) is 4.90. The minimum absolute atomic E-state index is 0.221. The van der Waals surface area contributed by atoms with Gasteiger partial charge in [-0.1, -0.05) is 0 Å². The lowest BCUT2D eigenvalue weighted by Gasteiger charge is -2.32. The summed E-state index contributed by atoms with van der Waals surface area (Å²) in [4.78, 5) is 2.08. The smallest absolute Gasteiger partial charge is 0.139 e. The molecule has 0 unspecified atom stereocenters. The van der Waals surface area contributed by atoms with E-state index in [2.05, 4.69) is 20.8 Å². The van der Waals surface area contributed by atoms with Crippen LogP contribution in [0.2, 0.25) is 0 Å². The topological polar surface area (TPSA) is 49.5 Å². The van der Waals surface area contributed by atoms with E-state index in [1.165, 1.54) is 6.07 Å². The lowest BCUT2D eigenvalue weighted by atomic mass is 10.1. The molecule has 1 saturated heterocycles. The van der Waals surface area contributed by atoms with Gasteiger partial charge in [0.15, 0.2) is 0 Å². The van der Waals surface area contributed by atoms with Crippen LogP contribution in [-0.4, -0.2) is 24.3 Å². The van der Waals surface area contributed by atoms with Crippen molar-refractivity contribution in [1.29, 1.82) is 0 Å². The number of halogens is 2. The van der Waals surface area contributed by atoms with Crippen LogP contribution < -0.4 is 10.6 Å². The Labute approximate surface area is 102 Å². The molecule has 2 rings (SSSR count). The van der Waals surface area contributed by atoms with Gasteiger partial charge in [-0.2, -0.15) is 0 Å². The molecule has 0 saturated carbocycles. The highest BCUT2D eigenvalue weighted by molar-refractivity contribution is 9.10. The third-order valence-corrected chi connectivity index (χ3v) is 3.48. The van der Waals surface area contributed by atoms with Gasteiger partial charge in [-0.25, -0.2) is 4.39 Å². The van der Waals surface area contributed by atoms with Crippen molar-refractivity contribution in [2.45, 2.75) is 18.9 Å². The van der Waals surface area contributed by atoms with E-state index in [1.807, 2.05) is 0 Å². The zero-order valence-corrected chi connectivity index (χ0v) is 10.4. The van der Waals surface area contributed by atoms with Crippen molar-refractivity contribution < 1.29 is 9.50 Å². The van der Waals surface area contributed by atoms with Gasteiger partial charge < -0.3 is 15.7 Å². The van der Waals surface area contributed by atoms with Crippen LogP contribution in [-0.2, 0) is 0 Å². The van der Waals surface area contributed by atoms with E-state index >= 15 is 0 Å². The highest BCUT2D eigenvalue weighted by Crippen LogP contribution is 2.31. The molecule has 5 heteroatoms. The van der Waals surface area contributed by atoms with Crippen molar-refractivity contribution in [2.24, 2.45) is 0 Å². The first-order chi connectivity index (χ1) is 7.58. The summed E-state index contributed by atoms with van der Waals surface area (Å²) < 4.78 is 13.6. The van der Waals surface area contributed by atoms with Gasteiger partial charge in [-0.15, -0.1) is 0 Å². The number of hydrogen-bond donors (Lipinski definition) is 2. The van der Waals surface area contributed by atoms with Gasteiger partial charge in [-0.3, -0.25) is 0 Å². The van der Waals surface area contributed by atoms with Gasteiger partial charge in [0.2, 0.25) is 0 Å². The zero-order chi connectivity index (χ0) is 11.7. The second-order valence-electron chi connectivity index (χ2n) is 4.04. The van der Waals surface area contributed by atoms with Crippen LogP contribution >= 0.6 is 15.9 Å². The molecule has 16 heavy (non-hydrogen) atoms. The monoisotopic (exact) mass is 288 g/mol. The summed E-state index contributed by atoms with van der Waals surface area (Å²) >= 11 is 3.15. The number of aliphatic hydroxyl groups is 1. The van der Waals surface area contributed by atoms with Crippen LogP contribution in [0.25, 0.3) is 0 Å². The molecule has 88 valence electrons. The largest absolute Gasteiger partial charge is 0.397 e. The molecule has 0 aliphatic carbocycles. The molecule has 3 nitrogen and oxygen atoms in total. The van der Waals surface area contributed by atoms with Gasteiger partial charge in [-0.05, 0) is 34.8 Å². The number of rotatable bonds is 1. The first-order valence-corrected chi connectivity index (χ1v) is 6.05. The molecule has 1 fully saturated rings. The molecule has 0 radical (unpaired) electrons. The fourth-order valence-corrected chi connectivity index (χ4v) is 2.26. The number of hydrogen-bond acceptors (Lipinski definition) is 3. The fraction of sp³-hybridized carbons (Fsp3) is 0.455. The molecule has 0 aromatic heterocycles. The Hall–Kier alpha value is -0.810. The lowest BCUT2D eigenvalue weighted by molar-refractivity contribution is 0.145. The predicted molar refractivity (Wildman–Crippen MR) is 66.0 cm³/mol. The molecule has 1 aromatic rings. The fourth-order valence-electron chi connectivity index (χ4n) is 1.93. The van der Waals surface area contributed by atoms with Crippen LogP contribution in [0.15, 0.2) is 16.6 Å². The Balaban J connectivity index is 2.23. The van der Waals surface area contributed by atoms with Crippen molar-refractivity contribution in [3.8, 4) is 0 Å². The van der Waals surface area contributed by atoms with E-state index in [-0.39, 0.29) is 11.9 Å². The summed E-state index contributed by atoms with van der Waals surface area (Å²) in [6, 6.07) is 3.02. The Morgan fingerprint density at radius 2 is 2.00 bits per heavy atom. The third-order valence-electron chi connectivity index (χ3n) is 2.87. The Morgan fingerprint density at radius 3 is 2.62 bits per heavy atom. The van der Waals surface area contributed by atoms with Crippen LogP contribution in [0, 0.1) is 5.82 Å². The van der Waals surface area contributed by atoms with E-state index in [1.54, 1.807) is 6.07 Å². The standard InChI is InChI=1S/C11H14BrFN2O/c12-8-5-11(10(14)6-9(8)13)15-3-1-7(16)2-4-15/h5-7,16H,1-4,14H2. The zero-order valence-electron chi connectivity index (χ0n) is 8.79. The Bertz CT molecular complexity index is 392. The highest BCUT2D eigenvalue weighted by Gasteiger charge is 2.19. The molecular formula is C11H14BrFN2O. The second kappa shape index (κ2) is 4.59. The number of nitrogen functional groups attached to an aromatic ring is 1. The SMILES string of the molecule is Nc1cc(F)c(Br)cc1N1CCC(O)CC1. The summed E-state index contributed by atoms with van der Waals surface area (Å²) in [5, 5.41) is 9.41. The van der Waals surface area contributed by atoms with E-state index < -0.39 is 0 Å². The summed E-state index contributed by atoms with van der Waals surface area (Å²) in [6.45, 7) is 1.51. The summed E-state index contributed by atoms with van der Waals surface area (Å²) in [5.41, 5.74) is 7.07. The van der Waals surface area contributed by atoms with Crippen LogP contribution in [0.1, 0.15) is 12.8 Å². The molecule has 0 spiro atoms. The molecular weight excluding hydrogens is 275 g/mol. The number of nitrogens with zero attached hydrogens (tertiary/aromatic N) is 1. The van der Waals surface area contributed by atoms with Crippen LogP contribution in [0.5, 0.6) is 0 Å². The minimum Gasteiger partial charge on any atom is -0.397 e. The Kier molecular flexibility index (Phi) is 3.35. The molecule has 1 aromatic carbocycles. The molecule has 0 atom stereocenters.